The van der Waals surface area contributed by atoms with E-state index in [0.717, 1.165) is 6.29 Å². The molecule has 4 nitrogen and oxygen atoms in total. The van der Waals surface area contributed by atoms with Crippen molar-refractivity contribution in [2.45, 2.75) is 18.1 Å². The first-order valence-electron chi connectivity index (χ1n) is 3.91. The Morgan fingerprint density at radius 2 is 2.33 bits per heavy atom. The summed E-state index contributed by atoms with van der Waals surface area (Å²) < 4.78 is 15.4. The first-order valence-corrected chi connectivity index (χ1v) is 3.91. The van der Waals surface area contributed by atoms with Crippen molar-refractivity contribution < 1.29 is 19.0 Å². The van der Waals surface area contributed by atoms with Crippen LogP contribution < -0.4 is 0 Å². The molecule has 1 fully saturated rings. The number of hydrogen-bond donors (Lipinski definition) is 0. The summed E-state index contributed by atoms with van der Waals surface area (Å²) in [5.41, 5.74) is -0.799. The van der Waals surface area contributed by atoms with Crippen molar-refractivity contribution in [3.05, 3.63) is 0 Å². The molecule has 0 aromatic heterocycles. The van der Waals surface area contributed by atoms with Crippen molar-refractivity contribution in [2.75, 3.05) is 27.4 Å². The molecule has 0 saturated carbocycles. The van der Waals surface area contributed by atoms with Gasteiger partial charge in [0.2, 0.25) is 0 Å². The first kappa shape index (κ1) is 9.64. The molecular weight excluding hydrogens is 160 g/mol. The Labute approximate surface area is 71.8 Å². The normalized spacial score (nSPS) is 36.3. The Kier molecular flexibility index (Phi) is 3.20. The van der Waals surface area contributed by atoms with Crippen molar-refractivity contribution in [3.8, 4) is 0 Å². The molecule has 12 heavy (non-hydrogen) atoms. The van der Waals surface area contributed by atoms with E-state index in [0.29, 0.717) is 19.6 Å². The van der Waals surface area contributed by atoms with Crippen LogP contribution in [0.1, 0.15) is 6.42 Å². The van der Waals surface area contributed by atoms with Crippen LogP contribution in [0.25, 0.3) is 0 Å². The van der Waals surface area contributed by atoms with E-state index in [1.165, 1.54) is 7.11 Å². The summed E-state index contributed by atoms with van der Waals surface area (Å²) >= 11 is 0. The highest BCUT2D eigenvalue weighted by atomic mass is 16.6. The number of hydrogen-bond acceptors (Lipinski definition) is 4. The monoisotopic (exact) mass is 174 g/mol. The van der Waals surface area contributed by atoms with Crippen molar-refractivity contribution in [1.82, 2.24) is 0 Å². The maximum absolute atomic E-state index is 10.8. The van der Waals surface area contributed by atoms with Crippen LogP contribution in [0.15, 0.2) is 0 Å². The fourth-order valence-corrected chi connectivity index (χ4v) is 1.41. The lowest BCUT2D eigenvalue weighted by Crippen LogP contribution is -2.53. The van der Waals surface area contributed by atoms with E-state index in [4.69, 9.17) is 14.2 Å². The molecule has 1 saturated heterocycles. The zero-order valence-electron chi connectivity index (χ0n) is 7.41. The van der Waals surface area contributed by atoms with Gasteiger partial charge in [0.25, 0.3) is 0 Å². The SMILES string of the molecule is COC1COCCC1(C=O)OC. The molecule has 0 bridgehead atoms. The molecule has 0 spiro atoms. The summed E-state index contributed by atoms with van der Waals surface area (Å²) in [6, 6.07) is 0. The van der Waals surface area contributed by atoms with Gasteiger partial charge in [0.1, 0.15) is 6.10 Å². The van der Waals surface area contributed by atoms with E-state index in [2.05, 4.69) is 0 Å². The maximum atomic E-state index is 10.8. The number of carbonyl (C=O) groups excluding carboxylic acids is 1. The van der Waals surface area contributed by atoms with Crippen LogP contribution in [0.3, 0.4) is 0 Å². The lowest BCUT2D eigenvalue weighted by Gasteiger charge is -2.37. The fraction of sp³-hybridized carbons (Fsp3) is 0.875. The lowest BCUT2D eigenvalue weighted by molar-refractivity contribution is -0.179. The minimum absolute atomic E-state index is 0.284. The van der Waals surface area contributed by atoms with Crippen LogP contribution in [-0.4, -0.2) is 45.4 Å². The zero-order chi connectivity index (χ0) is 9.03. The Morgan fingerprint density at radius 1 is 1.58 bits per heavy atom. The van der Waals surface area contributed by atoms with Gasteiger partial charge in [0.05, 0.1) is 6.61 Å². The quantitative estimate of drug-likeness (QED) is 0.565. The average Bonchev–Trinajstić information content (AvgIpc) is 2.17. The lowest BCUT2D eigenvalue weighted by atomic mass is 9.93. The van der Waals surface area contributed by atoms with Gasteiger partial charge in [-0.3, -0.25) is 0 Å². The van der Waals surface area contributed by atoms with E-state index < -0.39 is 5.60 Å². The third-order valence-electron chi connectivity index (χ3n) is 2.32. The highest BCUT2D eigenvalue weighted by Gasteiger charge is 2.42. The second kappa shape index (κ2) is 3.98. The van der Waals surface area contributed by atoms with Crippen molar-refractivity contribution in [2.24, 2.45) is 0 Å². The van der Waals surface area contributed by atoms with Crippen molar-refractivity contribution in [1.29, 1.82) is 0 Å². The molecule has 0 N–H and O–H groups in total. The van der Waals surface area contributed by atoms with Crippen LogP contribution in [0, 0.1) is 0 Å². The van der Waals surface area contributed by atoms with Gasteiger partial charge in [-0.2, -0.15) is 0 Å². The number of aldehydes is 1. The van der Waals surface area contributed by atoms with Crippen LogP contribution in [-0.2, 0) is 19.0 Å². The van der Waals surface area contributed by atoms with E-state index in [9.17, 15) is 4.79 Å². The summed E-state index contributed by atoms with van der Waals surface area (Å²) in [5.74, 6) is 0. The van der Waals surface area contributed by atoms with Crippen LogP contribution in [0.2, 0.25) is 0 Å². The summed E-state index contributed by atoms with van der Waals surface area (Å²) in [4.78, 5) is 10.8. The van der Waals surface area contributed by atoms with E-state index in [1.807, 2.05) is 0 Å². The number of carbonyl (C=O) groups is 1. The van der Waals surface area contributed by atoms with Crippen molar-refractivity contribution in [3.63, 3.8) is 0 Å². The van der Waals surface area contributed by atoms with E-state index in [1.54, 1.807) is 7.11 Å². The Balaban J connectivity index is 2.72. The second-order valence-corrected chi connectivity index (χ2v) is 2.83. The molecule has 0 amide bonds. The fourth-order valence-electron chi connectivity index (χ4n) is 1.41. The summed E-state index contributed by atoms with van der Waals surface area (Å²) in [5, 5.41) is 0. The highest BCUT2D eigenvalue weighted by Crippen LogP contribution is 2.24. The Morgan fingerprint density at radius 3 is 2.75 bits per heavy atom. The first-order chi connectivity index (χ1) is 5.79. The molecule has 0 aromatic rings. The second-order valence-electron chi connectivity index (χ2n) is 2.83. The topological polar surface area (TPSA) is 44.8 Å². The van der Waals surface area contributed by atoms with Crippen LogP contribution in [0.5, 0.6) is 0 Å². The summed E-state index contributed by atoms with van der Waals surface area (Å²) in [7, 11) is 3.07. The number of rotatable bonds is 3. The predicted octanol–water partition coefficient (Wildman–Crippen LogP) is 0.00580. The van der Waals surface area contributed by atoms with Gasteiger partial charge >= 0.3 is 0 Å². The van der Waals surface area contributed by atoms with Gasteiger partial charge in [-0.05, 0) is 0 Å². The molecular formula is C8H14O4. The number of methoxy groups -OCH3 is 2. The van der Waals surface area contributed by atoms with Gasteiger partial charge in [-0.1, -0.05) is 0 Å². The standard InChI is InChI=1S/C8H14O4/c1-10-7-5-12-4-3-8(7,6-9)11-2/h6-7H,3-5H2,1-2H3. The third-order valence-corrected chi connectivity index (χ3v) is 2.32. The van der Waals surface area contributed by atoms with Gasteiger partial charge in [-0.15, -0.1) is 0 Å². The van der Waals surface area contributed by atoms with E-state index >= 15 is 0 Å². The third kappa shape index (κ3) is 1.50. The van der Waals surface area contributed by atoms with Gasteiger partial charge in [0, 0.05) is 27.2 Å². The predicted molar refractivity (Wildman–Crippen MR) is 42.0 cm³/mol. The molecule has 1 heterocycles. The molecule has 0 aromatic carbocycles. The Hall–Kier alpha value is -0.450. The molecule has 2 atom stereocenters. The average molecular weight is 174 g/mol. The minimum Gasteiger partial charge on any atom is -0.378 e. The maximum Gasteiger partial charge on any atom is 0.154 e. The molecule has 1 aliphatic heterocycles. The molecule has 0 radical (unpaired) electrons. The molecule has 2 unspecified atom stereocenters. The molecule has 1 aliphatic rings. The van der Waals surface area contributed by atoms with Crippen LogP contribution in [0.4, 0.5) is 0 Å². The van der Waals surface area contributed by atoms with Gasteiger partial charge < -0.3 is 19.0 Å². The zero-order valence-corrected chi connectivity index (χ0v) is 7.41. The largest absolute Gasteiger partial charge is 0.378 e. The minimum atomic E-state index is -0.799. The highest BCUT2D eigenvalue weighted by molar-refractivity contribution is 5.64. The van der Waals surface area contributed by atoms with Gasteiger partial charge in [-0.25, -0.2) is 0 Å². The van der Waals surface area contributed by atoms with Gasteiger partial charge in [0.15, 0.2) is 11.9 Å². The van der Waals surface area contributed by atoms with Crippen molar-refractivity contribution >= 4 is 6.29 Å². The summed E-state index contributed by atoms with van der Waals surface area (Å²) in [6.45, 7) is 0.968. The molecule has 4 heteroatoms. The Bertz CT molecular complexity index is 159. The smallest absolute Gasteiger partial charge is 0.154 e. The molecule has 70 valence electrons. The molecule has 0 aliphatic carbocycles. The summed E-state index contributed by atoms with van der Waals surface area (Å²) in [6.07, 6.45) is 1.09. The van der Waals surface area contributed by atoms with Crippen LogP contribution >= 0.6 is 0 Å². The number of ether oxygens (including phenoxy) is 3. The molecule has 1 rings (SSSR count). The van der Waals surface area contributed by atoms with E-state index in [-0.39, 0.29) is 6.10 Å².